The van der Waals surface area contributed by atoms with E-state index in [0.29, 0.717) is 0 Å². The third-order valence-corrected chi connectivity index (χ3v) is 2.03. The topological polar surface area (TPSA) is 91.7 Å². The summed E-state index contributed by atoms with van der Waals surface area (Å²) in [4.78, 5) is 25.2. The van der Waals surface area contributed by atoms with Gasteiger partial charge >= 0.3 is 5.97 Å². The van der Waals surface area contributed by atoms with Crippen molar-refractivity contribution in [2.75, 3.05) is 0 Å². The van der Waals surface area contributed by atoms with Crippen LogP contribution in [0.1, 0.15) is 16.7 Å². The first-order valence-corrected chi connectivity index (χ1v) is 4.46. The van der Waals surface area contributed by atoms with E-state index < -0.39 is 11.9 Å². The molecule has 0 aliphatic heterocycles. The highest BCUT2D eigenvalue weighted by molar-refractivity contribution is 7.11. The Morgan fingerprint density at radius 2 is 2.36 bits per heavy atom. The molecule has 0 atom stereocenters. The second kappa shape index (κ2) is 4.47. The van der Waals surface area contributed by atoms with Gasteiger partial charge in [-0.15, -0.1) is 11.3 Å². The molecule has 0 unspecified atom stereocenters. The van der Waals surface area contributed by atoms with Crippen molar-refractivity contribution in [2.45, 2.75) is 6.92 Å². The normalized spacial score (nSPS) is 11.1. The lowest BCUT2D eigenvalue weighted by Crippen LogP contribution is -2.21. The van der Waals surface area contributed by atoms with E-state index in [4.69, 9.17) is 5.11 Å². The van der Waals surface area contributed by atoms with Gasteiger partial charge in [-0.25, -0.2) is 15.2 Å². The van der Waals surface area contributed by atoms with Crippen LogP contribution in [0.3, 0.4) is 0 Å². The number of hydrazone groups is 1. The Morgan fingerprint density at radius 3 is 2.86 bits per heavy atom. The number of nitrogens with one attached hydrogen (secondary N) is 1. The third kappa shape index (κ3) is 2.63. The zero-order valence-electron chi connectivity index (χ0n) is 7.22. The Morgan fingerprint density at radius 1 is 1.64 bits per heavy atom. The van der Waals surface area contributed by atoms with Crippen LogP contribution in [0.25, 0.3) is 0 Å². The number of carbonyl (C=O) groups excluding carboxylic acids is 1. The Labute approximate surface area is 83.3 Å². The Kier molecular flexibility index (Phi) is 3.29. The molecule has 1 aromatic heterocycles. The third-order valence-electron chi connectivity index (χ3n) is 1.26. The van der Waals surface area contributed by atoms with Gasteiger partial charge in [-0.3, -0.25) is 4.79 Å². The Hall–Kier alpha value is -1.76. The minimum Gasteiger partial charge on any atom is -0.477 e. The molecule has 0 saturated heterocycles. The SMILES string of the molecule is C/C(=N/NC(=O)c1nccs1)C(=O)O. The number of carbonyl (C=O) groups is 2. The lowest BCUT2D eigenvalue weighted by atomic mass is 10.4. The van der Waals surface area contributed by atoms with Crippen LogP contribution in [-0.4, -0.2) is 27.7 Å². The number of nitrogens with zero attached hydrogens (tertiary/aromatic N) is 2. The number of carboxylic acids is 1. The first-order chi connectivity index (χ1) is 6.61. The fourth-order valence-electron chi connectivity index (χ4n) is 0.566. The van der Waals surface area contributed by atoms with Crippen molar-refractivity contribution >= 4 is 28.9 Å². The largest absolute Gasteiger partial charge is 0.477 e. The summed E-state index contributed by atoms with van der Waals surface area (Å²) in [5, 5.41) is 13.7. The number of hydrogen-bond donors (Lipinski definition) is 2. The molecule has 14 heavy (non-hydrogen) atoms. The van der Waals surface area contributed by atoms with Crippen LogP contribution in [0.15, 0.2) is 16.7 Å². The van der Waals surface area contributed by atoms with Crippen molar-refractivity contribution in [3.05, 3.63) is 16.6 Å². The number of aromatic nitrogens is 1. The fourth-order valence-corrected chi connectivity index (χ4v) is 1.09. The Bertz CT molecular complexity index is 372. The summed E-state index contributed by atoms with van der Waals surface area (Å²) < 4.78 is 0. The summed E-state index contributed by atoms with van der Waals surface area (Å²) in [6.07, 6.45) is 1.48. The van der Waals surface area contributed by atoms with Crippen LogP contribution in [0.2, 0.25) is 0 Å². The fraction of sp³-hybridized carbons (Fsp3) is 0.143. The highest BCUT2D eigenvalue weighted by atomic mass is 32.1. The molecule has 0 bridgehead atoms. The van der Waals surface area contributed by atoms with Gasteiger partial charge in [-0.2, -0.15) is 5.10 Å². The van der Waals surface area contributed by atoms with E-state index in [-0.39, 0.29) is 10.7 Å². The average Bonchev–Trinajstić information content (AvgIpc) is 2.66. The molecular formula is C7H7N3O3S. The summed E-state index contributed by atoms with van der Waals surface area (Å²) in [6, 6.07) is 0. The highest BCUT2D eigenvalue weighted by Crippen LogP contribution is 2.02. The van der Waals surface area contributed by atoms with Crippen LogP contribution in [0.5, 0.6) is 0 Å². The van der Waals surface area contributed by atoms with Gasteiger partial charge in [-0.1, -0.05) is 0 Å². The summed E-state index contributed by atoms with van der Waals surface area (Å²) in [5.74, 6) is -1.69. The average molecular weight is 213 g/mol. The maximum absolute atomic E-state index is 11.2. The van der Waals surface area contributed by atoms with Crippen molar-refractivity contribution in [3.8, 4) is 0 Å². The van der Waals surface area contributed by atoms with E-state index in [1.54, 1.807) is 5.38 Å². The molecule has 0 radical (unpaired) electrons. The molecule has 0 aromatic carbocycles. The maximum atomic E-state index is 11.2. The molecule has 0 saturated carbocycles. The molecule has 2 N–H and O–H groups in total. The lowest BCUT2D eigenvalue weighted by molar-refractivity contribution is -0.129. The molecule has 1 heterocycles. The van der Waals surface area contributed by atoms with E-state index >= 15 is 0 Å². The highest BCUT2D eigenvalue weighted by Gasteiger charge is 2.08. The van der Waals surface area contributed by atoms with Crippen LogP contribution in [0, 0.1) is 0 Å². The van der Waals surface area contributed by atoms with Crippen molar-refractivity contribution in [1.82, 2.24) is 10.4 Å². The molecule has 0 spiro atoms. The van der Waals surface area contributed by atoms with Gasteiger partial charge in [0.2, 0.25) is 0 Å². The second-order valence-corrected chi connectivity index (χ2v) is 3.18. The predicted octanol–water partition coefficient (Wildman–Crippen LogP) is 0.333. The van der Waals surface area contributed by atoms with Gasteiger partial charge in [0, 0.05) is 11.6 Å². The van der Waals surface area contributed by atoms with E-state index in [1.165, 1.54) is 13.1 Å². The molecule has 1 amide bonds. The molecule has 7 heteroatoms. The predicted molar refractivity (Wildman–Crippen MR) is 50.3 cm³/mol. The zero-order chi connectivity index (χ0) is 10.6. The van der Waals surface area contributed by atoms with Crippen LogP contribution in [-0.2, 0) is 4.79 Å². The monoisotopic (exact) mass is 213 g/mol. The molecule has 1 aromatic rings. The van der Waals surface area contributed by atoms with Crippen LogP contribution < -0.4 is 5.43 Å². The molecule has 1 rings (SSSR count). The first-order valence-electron chi connectivity index (χ1n) is 3.58. The molecule has 0 aliphatic carbocycles. The number of carboxylic acid groups (broad SMARTS) is 1. The van der Waals surface area contributed by atoms with Crippen LogP contribution in [0.4, 0.5) is 0 Å². The number of rotatable bonds is 3. The van der Waals surface area contributed by atoms with Gasteiger partial charge in [-0.05, 0) is 6.92 Å². The van der Waals surface area contributed by atoms with Crippen molar-refractivity contribution in [1.29, 1.82) is 0 Å². The van der Waals surface area contributed by atoms with Crippen molar-refractivity contribution < 1.29 is 14.7 Å². The molecule has 0 fully saturated rings. The lowest BCUT2D eigenvalue weighted by Gasteiger charge is -1.95. The molecular weight excluding hydrogens is 206 g/mol. The van der Waals surface area contributed by atoms with E-state index in [0.717, 1.165) is 11.3 Å². The molecule has 6 nitrogen and oxygen atoms in total. The minimum absolute atomic E-state index is 0.185. The second-order valence-electron chi connectivity index (χ2n) is 2.28. The van der Waals surface area contributed by atoms with Gasteiger partial charge < -0.3 is 5.11 Å². The molecule has 74 valence electrons. The number of amides is 1. The number of thiazole rings is 1. The standard InChI is InChI=1S/C7H7N3O3S/c1-4(7(12)13)9-10-5(11)6-8-2-3-14-6/h2-3H,1H3,(H,10,11)(H,12,13)/b9-4-. The van der Waals surface area contributed by atoms with Gasteiger partial charge in [0.1, 0.15) is 5.71 Å². The minimum atomic E-state index is -1.18. The maximum Gasteiger partial charge on any atom is 0.351 e. The van der Waals surface area contributed by atoms with E-state index in [1.807, 2.05) is 0 Å². The molecule has 0 aliphatic rings. The van der Waals surface area contributed by atoms with Crippen molar-refractivity contribution in [2.24, 2.45) is 5.10 Å². The summed E-state index contributed by atoms with van der Waals surface area (Å²) >= 11 is 1.15. The van der Waals surface area contributed by atoms with E-state index in [9.17, 15) is 9.59 Å². The van der Waals surface area contributed by atoms with E-state index in [2.05, 4.69) is 15.5 Å². The van der Waals surface area contributed by atoms with Crippen LogP contribution >= 0.6 is 11.3 Å². The van der Waals surface area contributed by atoms with Gasteiger partial charge in [0.05, 0.1) is 0 Å². The zero-order valence-corrected chi connectivity index (χ0v) is 8.04. The van der Waals surface area contributed by atoms with Crippen molar-refractivity contribution in [3.63, 3.8) is 0 Å². The van der Waals surface area contributed by atoms with Gasteiger partial charge in [0.25, 0.3) is 5.91 Å². The number of hydrogen-bond acceptors (Lipinski definition) is 5. The number of aliphatic carboxylic acids is 1. The quantitative estimate of drug-likeness (QED) is 0.559. The smallest absolute Gasteiger partial charge is 0.351 e. The van der Waals surface area contributed by atoms with Gasteiger partial charge in [0.15, 0.2) is 5.01 Å². The summed E-state index contributed by atoms with van der Waals surface area (Å²) in [6.45, 7) is 1.28. The Balaban J connectivity index is 2.59. The summed E-state index contributed by atoms with van der Waals surface area (Å²) in [7, 11) is 0. The summed E-state index contributed by atoms with van der Waals surface area (Å²) in [5.41, 5.74) is 1.90. The first kappa shape index (κ1) is 10.3.